The van der Waals surface area contributed by atoms with Crippen LogP contribution in [0.1, 0.15) is 109 Å². The lowest BCUT2D eigenvalue weighted by molar-refractivity contribution is 0.417. The molecular weight excluding hydrogens is 348 g/mol. The van der Waals surface area contributed by atoms with Crippen LogP contribution in [0.4, 0.5) is 0 Å². The van der Waals surface area contributed by atoms with Crippen LogP contribution in [0.3, 0.4) is 0 Å². The number of phenols is 3. The van der Waals surface area contributed by atoms with E-state index in [9.17, 15) is 15.3 Å². The van der Waals surface area contributed by atoms with Gasteiger partial charge in [0.1, 0.15) is 17.2 Å². The van der Waals surface area contributed by atoms with Gasteiger partial charge in [-0.3, -0.25) is 0 Å². The van der Waals surface area contributed by atoms with Crippen LogP contribution in [0, 0.1) is 0 Å². The molecule has 0 fully saturated rings. The first-order valence-corrected chi connectivity index (χ1v) is 11.5. The summed E-state index contributed by atoms with van der Waals surface area (Å²) >= 11 is 0. The van der Waals surface area contributed by atoms with E-state index >= 15 is 0 Å². The van der Waals surface area contributed by atoms with Crippen molar-refractivity contribution in [1.29, 1.82) is 0 Å². The third-order valence-electron chi connectivity index (χ3n) is 5.38. The van der Waals surface area contributed by atoms with Crippen molar-refractivity contribution < 1.29 is 15.3 Å². The topological polar surface area (TPSA) is 60.7 Å². The largest absolute Gasteiger partial charge is 0.508 e. The second-order valence-electron chi connectivity index (χ2n) is 8.00. The van der Waals surface area contributed by atoms with Gasteiger partial charge in [0, 0.05) is 17.7 Å². The summed E-state index contributed by atoms with van der Waals surface area (Å²) in [5.41, 5.74) is 0.547. The minimum Gasteiger partial charge on any atom is -0.508 e. The van der Waals surface area contributed by atoms with Crippen LogP contribution < -0.4 is 0 Å². The summed E-state index contributed by atoms with van der Waals surface area (Å²) in [6.45, 7) is 2.27. The molecule has 3 heteroatoms. The Labute approximate surface area is 172 Å². The maximum atomic E-state index is 9.78. The van der Waals surface area contributed by atoms with E-state index in [1.165, 1.54) is 95.6 Å². The van der Waals surface area contributed by atoms with Crippen molar-refractivity contribution in [3.05, 3.63) is 29.8 Å². The second kappa shape index (κ2) is 16.3. The van der Waals surface area contributed by atoms with Gasteiger partial charge in [0.25, 0.3) is 0 Å². The molecule has 0 amide bonds. The molecule has 0 saturated heterocycles. The Morgan fingerprint density at radius 1 is 0.607 bits per heavy atom. The van der Waals surface area contributed by atoms with Gasteiger partial charge in [0.2, 0.25) is 0 Å². The third kappa shape index (κ3) is 11.9. The van der Waals surface area contributed by atoms with E-state index in [-0.39, 0.29) is 17.2 Å². The number of hydrogen-bond donors (Lipinski definition) is 3. The molecule has 0 radical (unpaired) electrons. The van der Waals surface area contributed by atoms with Crippen molar-refractivity contribution in [3.63, 3.8) is 0 Å². The van der Waals surface area contributed by atoms with Gasteiger partial charge >= 0.3 is 0 Å². The Morgan fingerprint density at radius 3 is 1.54 bits per heavy atom. The van der Waals surface area contributed by atoms with E-state index < -0.39 is 0 Å². The van der Waals surface area contributed by atoms with E-state index in [2.05, 4.69) is 19.1 Å². The highest BCUT2D eigenvalue weighted by Gasteiger charge is 2.09. The second-order valence-corrected chi connectivity index (χ2v) is 8.00. The Morgan fingerprint density at radius 2 is 1.04 bits per heavy atom. The van der Waals surface area contributed by atoms with Crippen molar-refractivity contribution in [1.82, 2.24) is 0 Å². The molecular formula is C25H42O3. The summed E-state index contributed by atoms with van der Waals surface area (Å²) in [6.07, 6.45) is 24.5. The summed E-state index contributed by atoms with van der Waals surface area (Å²) < 4.78 is 0. The van der Waals surface area contributed by atoms with Crippen LogP contribution in [0.25, 0.3) is 0 Å². The fourth-order valence-corrected chi connectivity index (χ4v) is 3.61. The standard InChI is InChI=1S/C25H42O3/c1-2-3-4-5-6-7-8-9-10-11-12-13-14-15-16-17-18-19-23-24(27)20-22(26)21-25(23)28/h9-10,20-21,26-28H,2-8,11-19H2,1H3/b10-9-. The maximum absolute atomic E-state index is 9.78. The van der Waals surface area contributed by atoms with Crippen molar-refractivity contribution in [2.45, 2.75) is 110 Å². The quantitative estimate of drug-likeness (QED) is 0.188. The molecule has 0 saturated carbocycles. The molecule has 0 unspecified atom stereocenters. The van der Waals surface area contributed by atoms with Gasteiger partial charge in [0.05, 0.1) is 0 Å². The highest BCUT2D eigenvalue weighted by atomic mass is 16.3. The fraction of sp³-hybridized carbons (Fsp3) is 0.680. The first-order chi connectivity index (χ1) is 13.6. The number of benzene rings is 1. The van der Waals surface area contributed by atoms with Crippen molar-refractivity contribution in [2.24, 2.45) is 0 Å². The fourth-order valence-electron chi connectivity index (χ4n) is 3.61. The van der Waals surface area contributed by atoms with Crippen molar-refractivity contribution in [2.75, 3.05) is 0 Å². The Balaban J connectivity index is 1.89. The highest BCUT2D eigenvalue weighted by molar-refractivity contribution is 5.48. The minimum absolute atomic E-state index is 0.0120. The molecule has 1 aromatic carbocycles. The summed E-state index contributed by atoms with van der Waals surface area (Å²) in [6, 6.07) is 2.58. The van der Waals surface area contributed by atoms with E-state index in [4.69, 9.17) is 0 Å². The van der Waals surface area contributed by atoms with Gasteiger partial charge in [-0.25, -0.2) is 0 Å². The van der Waals surface area contributed by atoms with Crippen LogP contribution in [-0.2, 0) is 6.42 Å². The molecule has 160 valence electrons. The monoisotopic (exact) mass is 390 g/mol. The summed E-state index contributed by atoms with van der Waals surface area (Å²) in [4.78, 5) is 0. The molecule has 0 aliphatic heterocycles. The smallest absolute Gasteiger partial charge is 0.126 e. The van der Waals surface area contributed by atoms with Crippen LogP contribution in [0.15, 0.2) is 24.3 Å². The lowest BCUT2D eigenvalue weighted by Gasteiger charge is -2.08. The average Bonchev–Trinajstić information content (AvgIpc) is 2.66. The van der Waals surface area contributed by atoms with Crippen LogP contribution in [-0.4, -0.2) is 15.3 Å². The van der Waals surface area contributed by atoms with E-state index in [1.54, 1.807) is 0 Å². The van der Waals surface area contributed by atoms with Crippen LogP contribution in [0.5, 0.6) is 17.2 Å². The van der Waals surface area contributed by atoms with Crippen LogP contribution in [0.2, 0.25) is 0 Å². The van der Waals surface area contributed by atoms with E-state index in [1.807, 2.05) is 0 Å². The zero-order valence-electron chi connectivity index (χ0n) is 18.0. The molecule has 1 rings (SSSR count). The summed E-state index contributed by atoms with van der Waals surface area (Å²) in [7, 11) is 0. The van der Waals surface area contributed by atoms with Crippen LogP contribution >= 0.6 is 0 Å². The number of rotatable bonds is 17. The minimum atomic E-state index is -0.101. The lowest BCUT2D eigenvalue weighted by Crippen LogP contribution is -1.89. The average molecular weight is 391 g/mol. The molecule has 0 aromatic heterocycles. The summed E-state index contributed by atoms with van der Waals surface area (Å²) in [5.74, 6) is -0.125. The molecule has 0 aliphatic rings. The Kier molecular flexibility index (Phi) is 14.2. The molecule has 0 heterocycles. The predicted molar refractivity (Wildman–Crippen MR) is 119 cm³/mol. The highest BCUT2D eigenvalue weighted by Crippen LogP contribution is 2.33. The molecule has 0 aliphatic carbocycles. The van der Waals surface area contributed by atoms with Gasteiger partial charge in [-0.15, -0.1) is 0 Å². The zero-order chi connectivity index (χ0) is 20.5. The SMILES string of the molecule is CCCCCCCC/C=C\CCCCCCCCCc1c(O)cc(O)cc1O. The van der Waals surface area contributed by atoms with Crippen molar-refractivity contribution >= 4 is 0 Å². The first kappa shape index (κ1) is 24.4. The molecule has 0 atom stereocenters. The number of aromatic hydroxyl groups is 3. The van der Waals surface area contributed by atoms with Gasteiger partial charge in [-0.1, -0.05) is 83.3 Å². The normalized spacial score (nSPS) is 11.5. The van der Waals surface area contributed by atoms with Gasteiger partial charge in [-0.2, -0.15) is 0 Å². The molecule has 0 bridgehead atoms. The third-order valence-corrected chi connectivity index (χ3v) is 5.38. The molecule has 1 aromatic rings. The number of hydrogen-bond acceptors (Lipinski definition) is 3. The number of allylic oxidation sites excluding steroid dienone is 2. The van der Waals surface area contributed by atoms with Gasteiger partial charge < -0.3 is 15.3 Å². The Bertz CT molecular complexity index is 514. The first-order valence-electron chi connectivity index (χ1n) is 11.5. The van der Waals surface area contributed by atoms with Gasteiger partial charge in [0.15, 0.2) is 0 Å². The van der Waals surface area contributed by atoms with Gasteiger partial charge in [-0.05, 0) is 38.5 Å². The molecule has 0 spiro atoms. The number of unbranched alkanes of at least 4 members (excludes halogenated alkanes) is 13. The number of phenolic OH excluding ortho intramolecular Hbond substituents is 3. The maximum Gasteiger partial charge on any atom is 0.126 e. The Hall–Kier alpha value is -1.64. The van der Waals surface area contributed by atoms with Crippen molar-refractivity contribution in [3.8, 4) is 17.2 Å². The lowest BCUT2D eigenvalue weighted by atomic mass is 10.0. The summed E-state index contributed by atoms with van der Waals surface area (Å²) in [5, 5.41) is 28.9. The zero-order valence-corrected chi connectivity index (χ0v) is 18.0. The molecule has 3 nitrogen and oxygen atoms in total. The molecule has 28 heavy (non-hydrogen) atoms. The van der Waals surface area contributed by atoms with E-state index in [0.717, 1.165) is 12.8 Å². The van der Waals surface area contributed by atoms with E-state index in [0.29, 0.717) is 12.0 Å². The predicted octanol–water partition coefficient (Wildman–Crippen LogP) is 7.77. The molecule has 3 N–H and O–H groups in total.